The van der Waals surface area contributed by atoms with Gasteiger partial charge in [0.05, 0.1) is 6.04 Å². The molecule has 0 fully saturated rings. The molecule has 7 heteroatoms. The molecule has 1 aliphatic rings. The molecule has 2 atom stereocenters. The van der Waals surface area contributed by atoms with Crippen LogP contribution in [0.5, 0.6) is 0 Å². The number of nitrogens with zero attached hydrogens (tertiary/aromatic N) is 3. The van der Waals surface area contributed by atoms with Gasteiger partial charge in [0, 0.05) is 58.8 Å². The number of benzene rings is 3. The highest BCUT2D eigenvalue weighted by Gasteiger charge is 2.39. The minimum Gasteiger partial charge on any atom is -0.372 e. The zero-order chi connectivity index (χ0) is 26.7. The topological polar surface area (TPSA) is 43.9 Å². The van der Waals surface area contributed by atoms with Crippen molar-refractivity contribution < 1.29 is 14.0 Å². The van der Waals surface area contributed by atoms with Crippen molar-refractivity contribution in [2.45, 2.75) is 52.6 Å². The molecular weight excluding hydrogens is 489 g/mol. The summed E-state index contributed by atoms with van der Waals surface area (Å²) in [5.41, 5.74) is 3.90. The molecular formula is C30H33ClFN3O2. The molecule has 0 bridgehead atoms. The first kappa shape index (κ1) is 26.7. The predicted octanol–water partition coefficient (Wildman–Crippen LogP) is 7.25. The van der Waals surface area contributed by atoms with E-state index in [0.717, 1.165) is 35.7 Å². The SMILES string of the molecule is CCC(=O)N(c1ccc(Cl)cc1)C1CC(C)N(C(=O)c2ccc(F)cc2)c2ccc(N(CC)CC)cc21. The maximum Gasteiger partial charge on any atom is 0.258 e. The molecule has 2 unspecified atom stereocenters. The highest BCUT2D eigenvalue weighted by atomic mass is 35.5. The second-order valence-corrected chi connectivity index (χ2v) is 9.73. The Labute approximate surface area is 223 Å². The number of carbonyl (C=O) groups is 2. The molecule has 0 aliphatic carbocycles. The standard InChI is InChI=1S/C30H33ClFN3O2/c1-5-29(36)35(24-14-10-22(31)11-15-24)28-18-20(4)34(30(37)21-8-12-23(32)13-9-21)27-17-16-25(19-26(27)28)33(6-2)7-3/h8-17,19-20,28H,5-7,18H2,1-4H3. The van der Waals surface area contributed by atoms with Crippen LogP contribution < -0.4 is 14.7 Å². The van der Waals surface area contributed by atoms with E-state index >= 15 is 0 Å². The molecule has 0 aromatic heterocycles. The Morgan fingerprint density at radius 2 is 1.57 bits per heavy atom. The summed E-state index contributed by atoms with van der Waals surface area (Å²) in [7, 11) is 0. The van der Waals surface area contributed by atoms with E-state index in [1.54, 1.807) is 17.0 Å². The lowest BCUT2D eigenvalue weighted by Crippen LogP contribution is -2.48. The fourth-order valence-corrected chi connectivity index (χ4v) is 5.29. The molecule has 0 saturated heterocycles. The molecule has 0 N–H and O–H groups in total. The fraction of sp³-hybridized carbons (Fsp3) is 0.333. The van der Waals surface area contributed by atoms with Crippen molar-refractivity contribution in [1.29, 1.82) is 0 Å². The second kappa shape index (κ2) is 11.3. The normalized spacial score (nSPS) is 16.8. The summed E-state index contributed by atoms with van der Waals surface area (Å²) in [6.45, 7) is 9.73. The van der Waals surface area contributed by atoms with Gasteiger partial charge in [-0.15, -0.1) is 0 Å². The van der Waals surface area contributed by atoms with E-state index in [0.29, 0.717) is 23.4 Å². The van der Waals surface area contributed by atoms with Crippen molar-refractivity contribution in [3.8, 4) is 0 Å². The first-order chi connectivity index (χ1) is 17.8. The van der Waals surface area contributed by atoms with E-state index in [1.807, 2.05) is 43.0 Å². The van der Waals surface area contributed by atoms with Crippen LogP contribution in [0.3, 0.4) is 0 Å². The van der Waals surface area contributed by atoms with Gasteiger partial charge in [-0.25, -0.2) is 4.39 Å². The number of carbonyl (C=O) groups excluding carboxylic acids is 2. The third-order valence-corrected chi connectivity index (χ3v) is 7.31. The number of hydrogen-bond acceptors (Lipinski definition) is 3. The van der Waals surface area contributed by atoms with Gasteiger partial charge in [0.2, 0.25) is 5.91 Å². The monoisotopic (exact) mass is 521 g/mol. The molecule has 194 valence electrons. The number of halogens is 2. The highest BCUT2D eigenvalue weighted by Crippen LogP contribution is 2.44. The van der Waals surface area contributed by atoms with Gasteiger partial charge < -0.3 is 14.7 Å². The summed E-state index contributed by atoms with van der Waals surface area (Å²) >= 11 is 6.15. The van der Waals surface area contributed by atoms with E-state index in [4.69, 9.17) is 11.6 Å². The smallest absolute Gasteiger partial charge is 0.258 e. The van der Waals surface area contributed by atoms with Gasteiger partial charge in [-0.1, -0.05) is 18.5 Å². The Morgan fingerprint density at radius 1 is 0.946 bits per heavy atom. The van der Waals surface area contributed by atoms with Crippen LogP contribution in [0.4, 0.5) is 21.5 Å². The van der Waals surface area contributed by atoms with Crippen LogP contribution in [0.1, 0.15) is 62.5 Å². The zero-order valence-electron chi connectivity index (χ0n) is 21.7. The molecule has 3 aromatic rings. The van der Waals surface area contributed by atoms with Crippen molar-refractivity contribution in [3.05, 3.63) is 88.7 Å². The number of fused-ring (bicyclic) bond motifs is 1. The maximum absolute atomic E-state index is 13.7. The lowest BCUT2D eigenvalue weighted by molar-refractivity contribution is -0.118. The van der Waals surface area contributed by atoms with Crippen LogP contribution in [0.15, 0.2) is 66.7 Å². The minimum absolute atomic E-state index is 0.00275. The van der Waals surface area contributed by atoms with Crippen LogP contribution in [-0.4, -0.2) is 30.9 Å². The summed E-state index contributed by atoms with van der Waals surface area (Å²) in [6, 6.07) is 18.6. The van der Waals surface area contributed by atoms with E-state index in [-0.39, 0.29) is 29.7 Å². The van der Waals surface area contributed by atoms with Gasteiger partial charge in [0.15, 0.2) is 0 Å². The molecule has 1 aliphatic heterocycles. The van der Waals surface area contributed by atoms with Crippen LogP contribution in [0.25, 0.3) is 0 Å². The number of anilines is 3. The average molecular weight is 522 g/mol. The summed E-state index contributed by atoms with van der Waals surface area (Å²) in [4.78, 5) is 32.9. The van der Waals surface area contributed by atoms with Crippen molar-refractivity contribution in [2.24, 2.45) is 0 Å². The third kappa shape index (κ3) is 5.35. The Hall–Kier alpha value is -3.38. The number of hydrogen-bond donors (Lipinski definition) is 0. The Bertz CT molecular complexity index is 1260. The molecule has 0 saturated carbocycles. The lowest BCUT2D eigenvalue weighted by atomic mass is 9.88. The molecule has 4 rings (SSSR count). The Kier molecular flexibility index (Phi) is 8.18. The highest BCUT2D eigenvalue weighted by molar-refractivity contribution is 6.30. The predicted molar refractivity (Wildman–Crippen MR) is 149 cm³/mol. The van der Waals surface area contributed by atoms with Crippen molar-refractivity contribution >= 4 is 40.5 Å². The van der Waals surface area contributed by atoms with Crippen LogP contribution in [0, 0.1) is 5.82 Å². The summed E-state index contributed by atoms with van der Waals surface area (Å²) < 4.78 is 13.6. The Morgan fingerprint density at radius 3 is 2.16 bits per heavy atom. The fourth-order valence-electron chi connectivity index (χ4n) is 5.16. The number of rotatable bonds is 7. The van der Waals surface area contributed by atoms with Gasteiger partial charge in [0.25, 0.3) is 5.91 Å². The summed E-state index contributed by atoms with van der Waals surface area (Å²) in [6.07, 6.45) is 0.896. The molecule has 2 amide bonds. The van der Waals surface area contributed by atoms with Gasteiger partial charge in [-0.3, -0.25) is 9.59 Å². The first-order valence-corrected chi connectivity index (χ1v) is 13.2. The molecule has 3 aromatic carbocycles. The van der Waals surface area contributed by atoms with Crippen LogP contribution in [0.2, 0.25) is 5.02 Å². The number of amides is 2. The van der Waals surface area contributed by atoms with E-state index in [2.05, 4.69) is 24.8 Å². The molecule has 0 spiro atoms. The van der Waals surface area contributed by atoms with Crippen molar-refractivity contribution in [2.75, 3.05) is 27.8 Å². The molecule has 0 radical (unpaired) electrons. The average Bonchev–Trinajstić information content (AvgIpc) is 2.90. The van der Waals surface area contributed by atoms with E-state index in [1.165, 1.54) is 24.3 Å². The van der Waals surface area contributed by atoms with Crippen LogP contribution >= 0.6 is 11.6 Å². The van der Waals surface area contributed by atoms with E-state index in [9.17, 15) is 14.0 Å². The van der Waals surface area contributed by atoms with Crippen LogP contribution in [-0.2, 0) is 4.79 Å². The minimum atomic E-state index is -0.385. The van der Waals surface area contributed by atoms with E-state index < -0.39 is 0 Å². The zero-order valence-corrected chi connectivity index (χ0v) is 22.5. The quantitative estimate of drug-likeness (QED) is 0.329. The van der Waals surface area contributed by atoms with Crippen molar-refractivity contribution in [3.63, 3.8) is 0 Å². The Balaban J connectivity index is 1.87. The maximum atomic E-state index is 13.7. The summed E-state index contributed by atoms with van der Waals surface area (Å²) in [5, 5.41) is 0.602. The second-order valence-electron chi connectivity index (χ2n) is 9.29. The first-order valence-electron chi connectivity index (χ1n) is 12.8. The molecule has 37 heavy (non-hydrogen) atoms. The lowest BCUT2D eigenvalue weighted by Gasteiger charge is -2.44. The molecule has 5 nitrogen and oxygen atoms in total. The summed E-state index contributed by atoms with van der Waals surface area (Å²) in [5.74, 6) is -0.580. The largest absolute Gasteiger partial charge is 0.372 e. The third-order valence-electron chi connectivity index (χ3n) is 7.06. The van der Waals surface area contributed by atoms with Gasteiger partial charge in [0.1, 0.15) is 5.82 Å². The van der Waals surface area contributed by atoms with Gasteiger partial charge >= 0.3 is 0 Å². The molecule has 1 heterocycles. The van der Waals surface area contributed by atoms with Crippen molar-refractivity contribution in [1.82, 2.24) is 0 Å². The van der Waals surface area contributed by atoms with Gasteiger partial charge in [-0.2, -0.15) is 0 Å². The van der Waals surface area contributed by atoms with Gasteiger partial charge in [-0.05, 0) is 93.9 Å².